The highest BCUT2D eigenvalue weighted by molar-refractivity contribution is 5.69. The maximum absolute atomic E-state index is 11.3. The highest BCUT2D eigenvalue weighted by Crippen LogP contribution is 2.08. The number of unbranched alkanes of at least 4 members (excludes halogenated alkanes) is 1. The molecule has 0 heterocycles. The molecule has 0 saturated carbocycles. The highest BCUT2D eigenvalue weighted by atomic mass is 16.5. The van der Waals surface area contributed by atoms with E-state index in [-0.39, 0.29) is 5.97 Å². The van der Waals surface area contributed by atoms with Crippen molar-refractivity contribution in [2.75, 3.05) is 19.8 Å². The fraction of sp³-hybridized carbons (Fsp3) is 0.923. The van der Waals surface area contributed by atoms with Crippen LogP contribution >= 0.6 is 0 Å². The number of ether oxygens (including phenoxy) is 2. The Hall–Kier alpha value is -0.570. The summed E-state index contributed by atoms with van der Waals surface area (Å²) >= 11 is 0. The normalized spacial score (nSPS) is 12.4. The van der Waals surface area contributed by atoms with Crippen molar-refractivity contribution >= 4 is 5.97 Å². The number of hydrogen-bond acceptors (Lipinski definition) is 3. The van der Waals surface area contributed by atoms with Gasteiger partial charge in [0, 0.05) is 19.6 Å². The van der Waals surface area contributed by atoms with Crippen LogP contribution in [0.1, 0.15) is 52.9 Å². The van der Waals surface area contributed by atoms with Crippen LogP contribution in [-0.2, 0) is 14.3 Å². The average Bonchev–Trinajstić information content (AvgIpc) is 2.29. The quantitative estimate of drug-likeness (QED) is 0.427. The molecule has 0 radical (unpaired) electrons. The zero-order valence-corrected chi connectivity index (χ0v) is 11.0. The summed E-state index contributed by atoms with van der Waals surface area (Å²) in [5, 5.41) is 0. The van der Waals surface area contributed by atoms with E-state index in [0.717, 1.165) is 12.8 Å². The molecule has 1 atom stereocenters. The summed E-state index contributed by atoms with van der Waals surface area (Å²) in [5.74, 6) is 0.388. The summed E-state index contributed by atoms with van der Waals surface area (Å²) in [5.41, 5.74) is 0. The summed E-state index contributed by atoms with van der Waals surface area (Å²) in [4.78, 5) is 11.3. The fourth-order valence-electron chi connectivity index (χ4n) is 1.41. The van der Waals surface area contributed by atoms with Crippen molar-refractivity contribution in [3.63, 3.8) is 0 Å². The summed E-state index contributed by atoms with van der Waals surface area (Å²) in [6.45, 7) is 8.18. The zero-order chi connectivity index (χ0) is 12.2. The molecule has 0 amide bonds. The van der Waals surface area contributed by atoms with Gasteiger partial charge in [0.1, 0.15) is 0 Å². The molecule has 0 aliphatic rings. The molecule has 0 rings (SSSR count). The molecule has 0 N–H and O–H groups in total. The standard InChI is InChI=1S/C13H26O3/c1-4-6-8-12(3)11-16-13(14)9-7-10-15-5-2/h12H,4-11H2,1-3H3. The molecular weight excluding hydrogens is 204 g/mol. The molecule has 0 aliphatic heterocycles. The van der Waals surface area contributed by atoms with Crippen molar-refractivity contribution < 1.29 is 14.3 Å². The van der Waals surface area contributed by atoms with Crippen LogP contribution in [0.2, 0.25) is 0 Å². The van der Waals surface area contributed by atoms with Crippen molar-refractivity contribution in [1.29, 1.82) is 0 Å². The third-order valence-electron chi connectivity index (χ3n) is 2.45. The molecule has 0 spiro atoms. The van der Waals surface area contributed by atoms with Crippen LogP contribution in [0.15, 0.2) is 0 Å². The number of hydrogen-bond donors (Lipinski definition) is 0. The van der Waals surface area contributed by atoms with E-state index in [2.05, 4.69) is 13.8 Å². The first-order valence-corrected chi connectivity index (χ1v) is 6.44. The first kappa shape index (κ1) is 15.4. The molecule has 16 heavy (non-hydrogen) atoms. The topological polar surface area (TPSA) is 35.5 Å². The molecule has 0 fully saturated rings. The van der Waals surface area contributed by atoms with Gasteiger partial charge in [0.2, 0.25) is 0 Å². The van der Waals surface area contributed by atoms with Gasteiger partial charge in [-0.2, -0.15) is 0 Å². The van der Waals surface area contributed by atoms with Crippen LogP contribution in [0.4, 0.5) is 0 Å². The molecule has 3 heteroatoms. The third kappa shape index (κ3) is 9.97. The first-order chi connectivity index (χ1) is 7.70. The van der Waals surface area contributed by atoms with E-state index in [0.29, 0.717) is 32.2 Å². The Morgan fingerprint density at radius 1 is 1.25 bits per heavy atom. The maximum Gasteiger partial charge on any atom is 0.305 e. The SMILES string of the molecule is CCCCC(C)COC(=O)CCCOCC. The lowest BCUT2D eigenvalue weighted by Gasteiger charge is -2.11. The number of carbonyl (C=O) groups excluding carboxylic acids is 1. The Labute approximate surface area is 99.5 Å². The maximum atomic E-state index is 11.3. The predicted molar refractivity (Wildman–Crippen MR) is 65.4 cm³/mol. The van der Waals surface area contributed by atoms with Gasteiger partial charge in [0.25, 0.3) is 0 Å². The summed E-state index contributed by atoms with van der Waals surface area (Å²) in [7, 11) is 0. The van der Waals surface area contributed by atoms with Gasteiger partial charge in [-0.3, -0.25) is 4.79 Å². The van der Waals surface area contributed by atoms with Crippen LogP contribution in [0, 0.1) is 5.92 Å². The minimum atomic E-state index is -0.0944. The van der Waals surface area contributed by atoms with Crippen molar-refractivity contribution in [2.24, 2.45) is 5.92 Å². The molecule has 3 nitrogen and oxygen atoms in total. The Kier molecular flexibility index (Phi) is 10.5. The predicted octanol–water partition coefficient (Wildman–Crippen LogP) is 3.17. The van der Waals surface area contributed by atoms with Gasteiger partial charge >= 0.3 is 5.97 Å². The van der Waals surface area contributed by atoms with E-state index in [1.165, 1.54) is 12.8 Å². The summed E-state index contributed by atoms with van der Waals surface area (Å²) in [6, 6.07) is 0. The second-order valence-electron chi connectivity index (χ2n) is 4.23. The second kappa shape index (κ2) is 10.9. The molecular formula is C13H26O3. The monoisotopic (exact) mass is 230 g/mol. The largest absolute Gasteiger partial charge is 0.465 e. The lowest BCUT2D eigenvalue weighted by atomic mass is 10.1. The van der Waals surface area contributed by atoms with E-state index < -0.39 is 0 Å². The molecule has 0 aromatic rings. The molecule has 96 valence electrons. The lowest BCUT2D eigenvalue weighted by molar-refractivity contribution is -0.145. The number of carbonyl (C=O) groups is 1. The summed E-state index contributed by atoms with van der Waals surface area (Å²) < 4.78 is 10.3. The van der Waals surface area contributed by atoms with Crippen LogP contribution in [0.25, 0.3) is 0 Å². The highest BCUT2D eigenvalue weighted by Gasteiger charge is 2.06. The van der Waals surface area contributed by atoms with Gasteiger partial charge in [-0.25, -0.2) is 0 Å². The van der Waals surface area contributed by atoms with Gasteiger partial charge in [-0.15, -0.1) is 0 Å². The molecule has 0 aliphatic carbocycles. The van der Waals surface area contributed by atoms with Crippen LogP contribution in [-0.4, -0.2) is 25.8 Å². The second-order valence-corrected chi connectivity index (χ2v) is 4.23. The van der Waals surface area contributed by atoms with Gasteiger partial charge in [0.15, 0.2) is 0 Å². The smallest absolute Gasteiger partial charge is 0.305 e. The van der Waals surface area contributed by atoms with Crippen molar-refractivity contribution in [3.8, 4) is 0 Å². The summed E-state index contributed by atoms with van der Waals surface area (Å²) in [6.07, 6.45) is 4.79. The van der Waals surface area contributed by atoms with Crippen molar-refractivity contribution in [2.45, 2.75) is 52.9 Å². The van der Waals surface area contributed by atoms with E-state index in [4.69, 9.17) is 9.47 Å². The Morgan fingerprint density at radius 3 is 2.62 bits per heavy atom. The Balaban J connectivity index is 3.35. The molecule has 0 bridgehead atoms. The molecule has 0 saturated heterocycles. The molecule has 1 unspecified atom stereocenters. The lowest BCUT2D eigenvalue weighted by Crippen LogP contribution is -2.12. The van der Waals surface area contributed by atoms with E-state index in [1.54, 1.807) is 0 Å². The van der Waals surface area contributed by atoms with Crippen molar-refractivity contribution in [1.82, 2.24) is 0 Å². The molecule has 0 aromatic carbocycles. The van der Waals surface area contributed by atoms with Gasteiger partial charge in [-0.1, -0.05) is 26.7 Å². The number of esters is 1. The van der Waals surface area contributed by atoms with Crippen LogP contribution in [0.3, 0.4) is 0 Å². The van der Waals surface area contributed by atoms with Gasteiger partial charge in [-0.05, 0) is 25.7 Å². The zero-order valence-electron chi connectivity index (χ0n) is 11.0. The molecule has 0 aromatic heterocycles. The third-order valence-corrected chi connectivity index (χ3v) is 2.45. The Morgan fingerprint density at radius 2 is 2.00 bits per heavy atom. The van der Waals surface area contributed by atoms with Gasteiger partial charge < -0.3 is 9.47 Å². The minimum absolute atomic E-state index is 0.0944. The average molecular weight is 230 g/mol. The first-order valence-electron chi connectivity index (χ1n) is 6.44. The van der Waals surface area contributed by atoms with E-state index in [1.807, 2.05) is 6.92 Å². The van der Waals surface area contributed by atoms with Gasteiger partial charge in [0.05, 0.1) is 6.61 Å². The van der Waals surface area contributed by atoms with E-state index in [9.17, 15) is 4.79 Å². The Bertz CT molecular complexity index is 169. The van der Waals surface area contributed by atoms with E-state index >= 15 is 0 Å². The van der Waals surface area contributed by atoms with Crippen molar-refractivity contribution in [3.05, 3.63) is 0 Å². The van der Waals surface area contributed by atoms with Crippen LogP contribution < -0.4 is 0 Å². The fourth-order valence-corrected chi connectivity index (χ4v) is 1.41. The van der Waals surface area contributed by atoms with Crippen LogP contribution in [0.5, 0.6) is 0 Å². The number of rotatable bonds is 10. The minimum Gasteiger partial charge on any atom is -0.465 e.